The normalized spacial score (nSPS) is 11.5. The zero-order valence-electron chi connectivity index (χ0n) is 16.5. The Kier molecular flexibility index (Phi) is 8.03. The molecule has 0 amide bonds. The molecule has 5 nitrogen and oxygen atoms in total. The first kappa shape index (κ1) is 23.5. The smallest absolute Gasteiger partial charge is 0.369 e. The highest BCUT2D eigenvalue weighted by Gasteiger charge is 2.27. The zero-order chi connectivity index (χ0) is 23.1. The summed E-state index contributed by atoms with van der Waals surface area (Å²) < 4.78 is 37.3. The van der Waals surface area contributed by atoms with Crippen molar-refractivity contribution < 1.29 is 27.8 Å². The topological polar surface area (TPSA) is 64.6 Å². The van der Waals surface area contributed by atoms with Crippen molar-refractivity contribution in [1.29, 1.82) is 0 Å². The second-order valence-corrected chi connectivity index (χ2v) is 7.43. The van der Waals surface area contributed by atoms with Crippen LogP contribution in [-0.4, -0.2) is 18.2 Å². The molecule has 0 aliphatic carbocycles. The third kappa shape index (κ3) is 6.42. The summed E-state index contributed by atoms with van der Waals surface area (Å²) >= 11 is 12.3. The minimum Gasteiger partial charge on any atom is -0.457 e. The van der Waals surface area contributed by atoms with Gasteiger partial charge in [-0.15, -0.1) is 0 Å². The first-order valence-corrected chi connectivity index (χ1v) is 10.1. The number of anilines is 1. The predicted octanol–water partition coefficient (Wildman–Crippen LogP) is 5.54. The molecule has 0 saturated heterocycles. The van der Waals surface area contributed by atoms with Crippen LogP contribution in [0.4, 0.5) is 14.5 Å². The van der Waals surface area contributed by atoms with Crippen LogP contribution in [0.5, 0.6) is 0 Å². The molecule has 0 aliphatic heterocycles. The van der Waals surface area contributed by atoms with Crippen molar-refractivity contribution in [1.82, 2.24) is 0 Å². The van der Waals surface area contributed by atoms with Crippen LogP contribution in [0.25, 0.3) is 0 Å². The number of esters is 2. The van der Waals surface area contributed by atoms with Crippen molar-refractivity contribution in [3.05, 3.63) is 99.5 Å². The number of carbonyl (C=O) groups is 2. The van der Waals surface area contributed by atoms with E-state index in [2.05, 4.69) is 5.32 Å². The van der Waals surface area contributed by atoms with Crippen LogP contribution in [0.3, 0.4) is 0 Å². The molecule has 166 valence electrons. The lowest BCUT2D eigenvalue weighted by atomic mass is 10.2. The van der Waals surface area contributed by atoms with Crippen LogP contribution in [0.1, 0.15) is 11.1 Å². The Morgan fingerprint density at radius 3 is 2.28 bits per heavy atom. The fourth-order valence-corrected chi connectivity index (χ4v) is 3.21. The third-order valence-electron chi connectivity index (χ3n) is 4.28. The predicted molar refractivity (Wildman–Crippen MR) is 116 cm³/mol. The molecule has 0 spiro atoms. The van der Waals surface area contributed by atoms with Crippen LogP contribution < -0.4 is 5.32 Å². The molecule has 0 bridgehead atoms. The molecule has 0 radical (unpaired) electrons. The molecule has 1 unspecified atom stereocenters. The van der Waals surface area contributed by atoms with E-state index in [0.29, 0.717) is 11.6 Å². The fraction of sp³-hybridized carbons (Fsp3) is 0.130. The van der Waals surface area contributed by atoms with E-state index in [9.17, 15) is 18.4 Å². The maximum absolute atomic E-state index is 13.8. The average Bonchev–Trinajstić information content (AvgIpc) is 2.75. The first-order chi connectivity index (χ1) is 15.3. The van der Waals surface area contributed by atoms with Crippen molar-refractivity contribution in [3.8, 4) is 0 Å². The molecule has 1 N–H and O–H groups in total. The molecule has 0 aliphatic rings. The van der Waals surface area contributed by atoms with Gasteiger partial charge >= 0.3 is 11.9 Å². The molecule has 3 rings (SSSR count). The summed E-state index contributed by atoms with van der Waals surface area (Å²) in [6.45, 7) is -0.504. The van der Waals surface area contributed by atoms with E-state index in [4.69, 9.17) is 32.7 Å². The molecule has 1 atom stereocenters. The van der Waals surface area contributed by atoms with Crippen LogP contribution in [-0.2, 0) is 32.1 Å². The highest BCUT2D eigenvalue weighted by Crippen LogP contribution is 2.30. The summed E-state index contributed by atoms with van der Waals surface area (Å²) in [6.07, 6.45) is -1.72. The number of benzene rings is 3. The van der Waals surface area contributed by atoms with E-state index in [-0.39, 0.29) is 27.7 Å². The summed E-state index contributed by atoms with van der Waals surface area (Å²) in [5.41, 5.74) is 0.775. The summed E-state index contributed by atoms with van der Waals surface area (Å²) in [5, 5.41) is 3.02. The summed E-state index contributed by atoms with van der Waals surface area (Å²) in [5.74, 6) is -3.38. The average molecular weight is 480 g/mol. The van der Waals surface area contributed by atoms with Crippen LogP contribution in [0.15, 0.2) is 66.7 Å². The molecule has 0 saturated carbocycles. The number of hydrogen-bond donors (Lipinski definition) is 1. The zero-order valence-corrected chi connectivity index (χ0v) is 18.0. The minimum atomic E-state index is -1.62. The number of ether oxygens (including phenoxy) is 2. The Morgan fingerprint density at radius 1 is 0.938 bits per heavy atom. The van der Waals surface area contributed by atoms with Gasteiger partial charge in [0.2, 0.25) is 0 Å². The van der Waals surface area contributed by atoms with Gasteiger partial charge in [-0.3, -0.25) is 4.79 Å². The monoisotopic (exact) mass is 479 g/mol. The molecule has 3 aromatic rings. The largest absolute Gasteiger partial charge is 0.457 e. The van der Waals surface area contributed by atoms with Crippen molar-refractivity contribution in [2.45, 2.75) is 19.3 Å². The Morgan fingerprint density at radius 2 is 1.62 bits per heavy atom. The van der Waals surface area contributed by atoms with Gasteiger partial charge in [-0.25, -0.2) is 13.6 Å². The Bertz CT molecular complexity index is 1090. The van der Waals surface area contributed by atoms with E-state index >= 15 is 0 Å². The van der Waals surface area contributed by atoms with E-state index < -0.39 is 36.4 Å². The summed E-state index contributed by atoms with van der Waals surface area (Å²) in [4.78, 5) is 25.1. The molecule has 32 heavy (non-hydrogen) atoms. The molecule has 0 aromatic heterocycles. The van der Waals surface area contributed by atoms with Gasteiger partial charge in [0.05, 0.1) is 22.2 Å². The summed E-state index contributed by atoms with van der Waals surface area (Å²) in [6, 6.07) is 16.3. The van der Waals surface area contributed by atoms with Crippen LogP contribution >= 0.6 is 23.2 Å². The van der Waals surface area contributed by atoms with E-state index in [1.165, 1.54) is 12.1 Å². The highest BCUT2D eigenvalue weighted by atomic mass is 35.5. The quantitative estimate of drug-likeness (QED) is 0.339. The number of hydrogen-bond acceptors (Lipinski definition) is 5. The number of halogens is 4. The number of carbonyl (C=O) groups excluding carboxylic acids is 2. The van der Waals surface area contributed by atoms with E-state index in [0.717, 1.165) is 12.1 Å². The lowest BCUT2D eigenvalue weighted by Crippen LogP contribution is -2.36. The first-order valence-electron chi connectivity index (χ1n) is 9.38. The molecule has 9 heteroatoms. The van der Waals surface area contributed by atoms with Crippen molar-refractivity contribution in [2.24, 2.45) is 0 Å². The lowest BCUT2D eigenvalue weighted by molar-refractivity contribution is -0.166. The van der Waals surface area contributed by atoms with Gasteiger partial charge in [-0.1, -0.05) is 59.6 Å². The fourth-order valence-electron chi connectivity index (χ4n) is 2.70. The highest BCUT2D eigenvalue weighted by molar-refractivity contribution is 6.39. The Labute approximate surface area is 192 Å². The lowest BCUT2D eigenvalue weighted by Gasteiger charge is -2.20. The van der Waals surface area contributed by atoms with E-state index in [1.54, 1.807) is 36.4 Å². The van der Waals surface area contributed by atoms with Crippen molar-refractivity contribution >= 4 is 40.8 Å². The maximum Gasteiger partial charge on any atom is 0.369 e. The van der Waals surface area contributed by atoms with Gasteiger partial charge < -0.3 is 14.8 Å². The number of para-hydroxylation sites is 1. The van der Waals surface area contributed by atoms with Crippen molar-refractivity contribution in [3.63, 3.8) is 0 Å². The van der Waals surface area contributed by atoms with Gasteiger partial charge in [0.1, 0.15) is 18.2 Å². The number of nitrogens with one attached hydrogen (secondary N) is 1. The Balaban J connectivity index is 1.75. The molecule has 3 aromatic carbocycles. The van der Waals surface area contributed by atoms with Gasteiger partial charge in [0, 0.05) is 11.6 Å². The second-order valence-electron chi connectivity index (χ2n) is 6.62. The number of rotatable bonds is 8. The molecule has 0 fully saturated rings. The van der Waals surface area contributed by atoms with Gasteiger partial charge in [-0.05, 0) is 29.8 Å². The van der Waals surface area contributed by atoms with Crippen LogP contribution in [0.2, 0.25) is 10.0 Å². The van der Waals surface area contributed by atoms with Gasteiger partial charge in [0.25, 0.3) is 6.23 Å². The Hall–Kier alpha value is -3.16. The van der Waals surface area contributed by atoms with Crippen molar-refractivity contribution in [2.75, 3.05) is 5.32 Å². The minimum absolute atomic E-state index is 0.0510. The van der Waals surface area contributed by atoms with Gasteiger partial charge in [0.15, 0.2) is 0 Å². The molecule has 0 heterocycles. The SMILES string of the molecule is O=C(Cc1ccccc1)OC(Nc1c(Cl)cccc1Cl)C(=O)OCc1ccc(F)cc1F. The molecular weight excluding hydrogens is 463 g/mol. The summed E-state index contributed by atoms with van der Waals surface area (Å²) in [7, 11) is 0. The van der Waals surface area contributed by atoms with Gasteiger partial charge in [-0.2, -0.15) is 0 Å². The molecular formula is C23H17Cl2F2NO4. The maximum atomic E-state index is 13.8. The second kappa shape index (κ2) is 10.9. The standard InChI is InChI=1S/C23H17Cl2F2NO4/c24-17-7-4-8-18(25)21(17)28-22(32-20(29)11-14-5-2-1-3-6-14)23(30)31-13-15-9-10-16(26)12-19(15)27/h1-10,12,22,28H,11,13H2. The van der Waals surface area contributed by atoms with E-state index in [1.807, 2.05) is 0 Å². The van der Waals surface area contributed by atoms with Crippen LogP contribution in [0, 0.1) is 11.6 Å². The third-order valence-corrected chi connectivity index (χ3v) is 4.91.